The van der Waals surface area contributed by atoms with E-state index in [-0.39, 0.29) is 5.92 Å². The summed E-state index contributed by atoms with van der Waals surface area (Å²) in [5.74, 6) is 1.19. The quantitative estimate of drug-likeness (QED) is 0.733. The summed E-state index contributed by atoms with van der Waals surface area (Å²) < 4.78 is 27.5. The van der Waals surface area contributed by atoms with Crippen molar-refractivity contribution < 1.29 is 8.42 Å². The molecule has 1 aromatic heterocycles. The number of hydrogen-bond donors (Lipinski definition) is 1. The zero-order valence-corrected chi connectivity index (χ0v) is 16.0. The number of aryl methyl sites for hydroxylation is 1. The minimum absolute atomic E-state index is 0.245. The maximum Gasteiger partial charge on any atom is 0.243 e. The van der Waals surface area contributed by atoms with Crippen molar-refractivity contribution in [2.75, 3.05) is 13.1 Å². The van der Waals surface area contributed by atoms with Crippen LogP contribution in [0.4, 0.5) is 0 Å². The van der Waals surface area contributed by atoms with Gasteiger partial charge in [0, 0.05) is 24.0 Å². The summed E-state index contributed by atoms with van der Waals surface area (Å²) in [6, 6.07) is 12.9. The molecule has 7 heteroatoms. The molecule has 0 amide bonds. The number of aromatic amines is 1. The lowest BCUT2D eigenvalue weighted by molar-refractivity contribution is 0.314. The number of imidazole rings is 1. The third-order valence-electron chi connectivity index (χ3n) is 5.02. The van der Waals surface area contributed by atoms with Crippen LogP contribution in [0.5, 0.6) is 0 Å². The van der Waals surface area contributed by atoms with E-state index in [0.717, 1.165) is 29.7 Å². The molecular formula is C19H20ClN3O2S. The van der Waals surface area contributed by atoms with Gasteiger partial charge in [-0.2, -0.15) is 4.31 Å². The number of rotatable bonds is 3. The first kappa shape index (κ1) is 17.5. The smallest absolute Gasteiger partial charge is 0.243 e. The summed E-state index contributed by atoms with van der Waals surface area (Å²) in [6.45, 7) is 2.76. The highest BCUT2D eigenvalue weighted by Gasteiger charge is 2.32. The van der Waals surface area contributed by atoms with Gasteiger partial charge in [-0.15, -0.1) is 0 Å². The van der Waals surface area contributed by atoms with E-state index in [1.807, 2.05) is 24.3 Å². The third kappa shape index (κ3) is 3.13. The van der Waals surface area contributed by atoms with Crippen LogP contribution >= 0.6 is 11.6 Å². The predicted molar refractivity (Wildman–Crippen MR) is 103 cm³/mol. The van der Waals surface area contributed by atoms with E-state index >= 15 is 0 Å². The second-order valence-electron chi connectivity index (χ2n) is 6.73. The second-order valence-corrected chi connectivity index (χ2v) is 9.07. The Morgan fingerprint density at radius 2 is 1.88 bits per heavy atom. The number of hydrogen-bond acceptors (Lipinski definition) is 3. The molecule has 1 N–H and O–H groups in total. The number of nitrogens with zero attached hydrogens (tertiary/aromatic N) is 2. The summed E-state index contributed by atoms with van der Waals surface area (Å²) in [7, 11) is -3.53. The van der Waals surface area contributed by atoms with Gasteiger partial charge in [0.25, 0.3) is 0 Å². The normalized spacial score (nSPS) is 17.0. The molecule has 0 unspecified atom stereocenters. The van der Waals surface area contributed by atoms with Gasteiger partial charge < -0.3 is 4.98 Å². The topological polar surface area (TPSA) is 66.1 Å². The molecular weight excluding hydrogens is 370 g/mol. The van der Waals surface area contributed by atoms with Crippen molar-refractivity contribution in [2.24, 2.45) is 0 Å². The Hall–Kier alpha value is -1.89. The summed E-state index contributed by atoms with van der Waals surface area (Å²) in [4.78, 5) is 8.34. The fraction of sp³-hybridized carbons (Fsp3) is 0.316. The van der Waals surface area contributed by atoms with Crippen molar-refractivity contribution in [1.29, 1.82) is 0 Å². The van der Waals surface area contributed by atoms with E-state index in [9.17, 15) is 8.42 Å². The van der Waals surface area contributed by atoms with Gasteiger partial charge >= 0.3 is 0 Å². The third-order valence-corrected chi connectivity index (χ3v) is 7.29. The second kappa shape index (κ2) is 6.68. The lowest BCUT2D eigenvalue weighted by Gasteiger charge is -2.30. The molecule has 1 aliphatic heterocycles. The van der Waals surface area contributed by atoms with Crippen molar-refractivity contribution in [3.05, 3.63) is 58.9 Å². The number of nitrogens with one attached hydrogen (secondary N) is 1. The van der Waals surface area contributed by atoms with Crippen molar-refractivity contribution in [1.82, 2.24) is 14.3 Å². The van der Waals surface area contributed by atoms with Crippen LogP contribution in [0.2, 0.25) is 5.02 Å². The van der Waals surface area contributed by atoms with Gasteiger partial charge in [0.1, 0.15) is 5.82 Å². The molecule has 1 fully saturated rings. The average Bonchev–Trinajstić information content (AvgIpc) is 3.08. The van der Waals surface area contributed by atoms with Gasteiger partial charge in [0.2, 0.25) is 10.0 Å². The maximum absolute atomic E-state index is 13.0. The van der Waals surface area contributed by atoms with E-state index in [4.69, 9.17) is 11.6 Å². The molecule has 2 aromatic carbocycles. The lowest BCUT2D eigenvalue weighted by Crippen LogP contribution is -2.38. The minimum atomic E-state index is -3.53. The Bertz CT molecular complexity index is 1020. The SMILES string of the molecule is Cc1ccc(Cl)cc1S(=O)(=O)N1CCC(c2nc3ccccc3[nH]2)CC1. The van der Waals surface area contributed by atoms with Crippen LogP contribution in [-0.2, 0) is 10.0 Å². The largest absolute Gasteiger partial charge is 0.342 e. The Morgan fingerprint density at radius 1 is 1.15 bits per heavy atom. The molecule has 0 saturated carbocycles. The highest BCUT2D eigenvalue weighted by molar-refractivity contribution is 7.89. The van der Waals surface area contributed by atoms with Crippen molar-refractivity contribution in [3.63, 3.8) is 0 Å². The number of H-pyrrole nitrogens is 1. The highest BCUT2D eigenvalue weighted by atomic mass is 35.5. The number of sulfonamides is 1. The Kier molecular flexibility index (Phi) is 4.50. The molecule has 0 atom stereocenters. The van der Waals surface area contributed by atoms with Crippen molar-refractivity contribution >= 4 is 32.7 Å². The molecule has 5 nitrogen and oxygen atoms in total. The molecule has 0 aliphatic carbocycles. The number of piperidine rings is 1. The summed E-state index contributed by atoms with van der Waals surface area (Å²) in [6.07, 6.45) is 1.50. The van der Waals surface area contributed by atoms with E-state index in [0.29, 0.717) is 28.6 Å². The molecule has 0 bridgehead atoms. The minimum Gasteiger partial charge on any atom is -0.342 e. The molecule has 0 spiro atoms. The molecule has 26 heavy (non-hydrogen) atoms. The van der Waals surface area contributed by atoms with Crippen LogP contribution in [0.3, 0.4) is 0 Å². The maximum atomic E-state index is 13.0. The van der Waals surface area contributed by atoms with Gasteiger partial charge in [-0.1, -0.05) is 29.8 Å². The van der Waals surface area contributed by atoms with Crippen LogP contribution in [0.15, 0.2) is 47.4 Å². The summed E-state index contributed by atoms with van der Waals surface area (Å²) in [5, 5.41) is 0.436. The predicted octanol–water partition coefficient (Wildman–Crippen LogP) is 4.09. The van der Waals surface area contributed by atoms with Crippen LogP contribution in [0.1, 0.15) is 30.1 Å². The number of benzene rings is 2. The average molecular weight is 390 g/mol. The number of fused-ring (bicyclic) bond motifs is 1. The molecule has 1 saturated heterocycles. The van der Waals surface area contributed by atoms with Gasteiger partial charge in [-0.3, -0.25) is 0 Å². The Morgan fingerprint density at radius 3 is 2.62 bits per heavy atom. The van der Waals surface area contributed by atoms with Gasteiger partial charge in [0.15, 0.2) is 0 Å². The lowest BCUT2D eigenvalue weighted by atomic mass is 9.97. The van der Waals surface area contributed by atoms with E-state index in [1.54, 1.807) is 23.4 Å². The van der Waals surface area contributed by atoms with Crippen LogP contribution in [0.25, 0.3) is 11.0 Å². The first-order chi connectivity index (χ1) is 12.4. The van der Waals surface area contributed by atoms with Gasteiger partial charge in [0.05, 0.1) is 15.9 Å². The highest BCUT2D eigenvalue weighted by Crippen LogP contribution is 2.31. The van der Waals surface area contributed by atoms with E-state index in [2.05, 4.69) is 9.97 Å². The zero-order valence-electron chi connectivity index (χ0n) is 14.4. The van der Waals surface area contributed by atoms with Crippen LogP contribution in [-0.4, -0.2) is 35.8 Å². The Balaban J connectivity index is 1.53. The molecule has 1 aliphatic rings. The Labute approximate surface area is 158 Å². The first-order valence-electron chi connectivity index (χ1n) is 8.66. The standard InChI is InChI=1S/C19H20ClN3O2S/c1-13-6-7-15(20)12-18(13)26(24,25)23-10-8-14(9-11-23)19-21-16-4-2-3-5-17(16)22-19/h2-7,12,14H,8-11H2,1H3,(H,21,22). The summed E-state index contributed by atoms with van der Waals surface area (Å²) >= 11 is 6.01. The van der Waals surface area contributed by atoms with Crippen molar-refractivity contribution in [2.45, 2.75) is 30.6 Å². The fourth-order valence-corrected chi connectivity index (χ4v) is 5.48. The number of para-hydroxylation sites is 2. The summed E-state index contributed by atoms with van der Waals surface area (Å²) in [5.41, 5.74) is 2.69. The number of aromatic nitrogens is 2. The van der Waals surface area contributed by atoms with Crippen molar-refractivity contribution in [3.8, 4) is 0 Å². The molecule has 4 rings (SSSR count). The fourth-order valence-electron chi connectivity index (χ4n) is 3.53. The van der Waals surface area contributed by atoms with E-state index < -0.39 is 10.0 Å². The molecule has 0 radical (unpaired) electrons. The van der Waals surface area contributed by atoms with Gasteiger partial charge in [-0.25, -0.2) is 13.4 Å². The van der Waals surface area contributed by atoms with Crippen LogP contribution < -0.4 is 0 Å². The van der Waals surface area contributed by atoms with Gasteiger partial charge in [-0.05, 0) is 49.6 Å². The van der Waals surface area contributed by atoms with Crippen LogP contribution in [0, 0.1) is 6.92 Å². The zero-order chi connectivity index (χ0) is 18.3. The number of halogens is 1. The molecule has 136 valence electrons. The molecule has 2 heterocycles. The van der Waals surface area contributed by atoms with E-state index in [1.165, 1.54) is 6.07 Å². The monoisotopic (exact) mass is 389 g/mol. The molecule has 3 aromatic rings. The first-order valence-corrected chi connectivity index (χ1v) is 10.5.